The van der Waals surface area contributed by atoms with E-state index in [4.69, 9.17) is 10.5 Å². The molecule has 1 aromatic heterocycles. The van der Waals surface area contributed by atoms with Gasteiger partial charge in [0.05, 0.1) is 18.8 Å². The Balaban J connectivity index is 3.02. The van der Waals surface area contributed by atoms with Crippen molar-refractivity contribution in [3.05, 3.63) is 20.8 Å². The van der Waals surface area contributed by atoms with E-state index in [1.165, 1.54) is 11.7 Å². The summed E-state index contributed by atoms with van der Waals surface area (Å²) in [5.41, 5.74) is 3.82. The van der Waals surface area contributed by atoms with Gasteiger partial charge >= 0.3 is 5.69 Å². The molecule has 1 atom stereocenters. The van der Waals surface area contributed by atoms with Gasteiger partial charge in [0.25, 0.3) is 5.56 Å². The molecule has 0 aliphatic rings. The van der Waals surface area contributed by atoms with Crippen LogP contribution < -0.4 is 22.3 Å². The molecule has 120 valence electrons. The van der Waals surface area contributed by atoms with Gasteiger partial charge in [0.1, 0.15) is 11.5 Å². The monoisotopic (exact) mass is 300 g/mol. The lowest BCUT2D eigenvalue weighted by atomic mass is 10.0. The molecule has 0 fully saturated rings. The van der Waals surface area contributed by atoms with E-state index in [9.17, 15) is 14.7 Å². The molecule has 0 aliphatic heterocycles. The molecular formula is C13H24N4O4. The van der Waals surface area contributed by atoms with Gasteiger partial charge in [-0.3, -0.25) is 14.3 Å². The first-order chi connectivity index (χ1) is 9.82. The SMILES string of the molecule is CCCC(C)(O)CNc1c(N)n(CCOC)c(=O)[nH]c1=O. The maximum Gasteiger partial charge on any atom is 0.330 e. The summed E-state index contributed by atoms with van der Waals surface area (Å²) in [7, 11) is 1.51. The molecule has 0 saturated heterocycles. The summed E-state index contributed by atoms with van der Waals surface area (Å²) >= 11 is 0. The van der Waals surface area contributed by atoms with Gasteiger partial charge < -0.3 is 20.9 Å². The number of hydrogen-bond acceptors (Lipinski definition) is 6. The highest BCUT2D eigenvalue weighted by Crippen LogP contribution is 2.15. The fourth-order valence-corrected chi connectivity index (χ4v) is 2.07. The number of aromatic nitrogens is 2. The molecular weight excluding hydrogens is 276 g/mol. The van der Waals surface area contributed by atoms with Crippen LogP contribution in [0.15, 0.2) is 9.59 Å². The van der Waals surface area contributed by atoms with Gasteiger partial charge in [-0.25, -0.2) is 4.79 Å². The van der Waals surface area contributed by atoms with Crippen molar-refractivity contribution in [2.24, 2.45) is 0 Å². The Morgan fingerprint density at radius 1 is 1.48 bits per heavy atom. The topological polar surface area (TPSA) is 122 Å². The summed E-state index contributed by atoms with van der Waals surface area (Å²) in [6, 6.07) is 0. The molecule has 5 N–H and O–H groups in total. The van der Waals surface area contributed by atoms with Gasteiger partial charge in [-0.05, 0) is 13.3 Å². The van der Waals surface area contributed by atoms with Crippen LogP contribution in [0.1, 0.15) is 26.7 Å². The first-order valence-electron chi connectivity index (χ1n) is 6.90. The van der Waals surface area contributed by atoms with Crippen molar-refractivity contribution < 1.29 is 9.84 Å². The van der Waals surface area contributed by atoms with Crippen molar-refractivity contribution in [2.75, 3.05) is 31.3 Å². The lowest BCUT2D eigenvalue weighted by Crippen LogP contribution is -2.38. The Hall–Kier alpha value is -1.80. The Kier molecular flexibility index (Phi) is 5.98. The van der Waals surface area contributed by atoms with E-state index in [1.54, 1.807) is 6.92 Å². The lowest BCUT2D eigenvalue weighted by molar-refractivity contribution is 0.0636. The van der Waals surface area contributed by atoms with Crippen LogP contribution in [-0.4, -0.2) is 40.5 Å². The molecule has 0 aliphatic carbocycles. The second-order valence-corrected chi connectivity index (χ2v) is 5.26. The fourth-order valence-electron chi connectivity index (χ4n) is 2.07. The third-order valence-electron chi connectivity index (χ3n) is 3.19. The third kappa shape index (κ3) is 4.61. The zero-order chi connectivity index (χ0) is 16.0. The highest BCUT2D eigenvalue weighted by molar-refractivity contribution is 5.60. The molecule has 1 unspecified atom stereocenters. The average molecular weight is 300 g/mol. The predicted molar refractivity (Wildman–Crippen MR) is 81.6 cm³/mol. The van der Waals surface area contributed by atoms with Crippen molar-refractivity contribution in [1.29, 1.82) is 0 Å². The highest BCUT2D eigenvalue weighted by Gasteiger charge is 2.21. The Morgan fingerprint density at radius 2 is 2.14 bits per heavy atom. The normalized spacial score (nSPS) is 13.9. The number of aromatic amines is 1. The number of hydrogen-bond donors (Lipinski definition) is 4. The average Bonchev–Trinajstić information content (AvgIpc) is 2.37. The number of nitrogens with zero attached hydrogens (tertiary/aromatic N) is 1. The number of methoxy groups -OCH3 is 1. The molecule has 1 rings (SSSR count). The van der Waals surface area contributed by atoms with Gasteiger partial charge in [0.2, 0.25) is 0 Å². The summed E-state index contributed by atoms with van der Waals surface area (Å²) in [6.07, 6.45) is 1.40. The smallest absolute Gasteiger partial charge is 0.330 e. The number of nitrogens with two attached hydrogens (primary N) is 1. The van der Waals surface area contributed by atoms with Crippen LogP contribution in [0.5, 0.6) is 0 Å². The molecule has 8 nitrogen and oxygen atoms in total. The molecule has 0 amide bonds. The summed E-state index contributed by atoms with van der Waals surface area (Å²) in [4.78, 5) is 25.8. The Morgan fingerprint density at radius 3 is 2.71 bits per heavy atom. The van der Waals surface area contributed by atoms with E-state index in [1.807, 2.05) is 6.92 Å². The van der Waals surface area contributed by atoms with Crippen LogP contribution >= 0.6 is 0 Å². The number of rotatable bonds is 8. The molecule has 0 spiro atoms. The van der Waals surface area contributed by atoms with E-state index in [-0.39, 0.29) is 24.6 Å². The van der Waals surface area contributed by atoms with Crippen LogP contribution in [0.2, 0.25) is 0 Å². The largest absolute Gasteiger partial charge is 0.388 e. The Bertz CT molecular complexity index is 577. The molecule has 0 aromatic carbocycles. The molecule has 0 bridgehead atoms. The molecule has 0 radical (unpaired) electrons. The van der Waals surface area contributed by atoms with E-state index in [0.717, 1.165) is 6.42 Å². The van der Waals surface area contributed by atoms with E-state index in [2.05, 4.69) is 10.3 Å². The standard InChI is InChI=1S/C13H24N4O4/c1-4-5-13(2,20)8-15-9-10(14)17(6-7-21-3)12(19)16-11(9)18/h15,20H,4-8,14H2,1-3H3,(H,16,18,19). The lowest BCUT2D eigenvalue weighted by Gasteiger charge is -2.24. The summed E-state index contributed by atoms with van der Waals surface area (Å²) in [6.45, 7) is 4.33. The zero-order valence-electron chi connectivity index (χ0n) is 12.7. The minimum absolute atomic E-state index is 0.0353. The predicted octanol–water partition coefficient (Wildman–Crippen LogP) is -0.272. The first kappa shape index (κ1) is 17.3. The minimum atomic E-state index is -0.957. The van der Waals surface area contributed by atoms with Gasteiger partial charge in [-0.2, -0.15) is 0 Å². The van der Waals surface area contributed by atoms with E-state index >= 15 is 0 Å². The zero-order valence-corrected chi connectivity index (χ0v) is 12.7. The summed E-state index contributed by atoms with van der Waals surface area (Å²) in [5, 5.41) is 12.9. The van der Waals surface area contributed by atoms with Crippen molar-refractivity contribution in [3.8, 4) is 0 Å². The number of nitrogen functional groups attached to an aromatic ring is 1. The third-order valence-corrected chi connectivity index (χ3v) is 3.19. The molecule has 21 heavy (non-hydrogen) atoms. The Labute approximate surface area is 122 Å². The molecule has 0 saturated carbocycles. The molecule has 1 aromatic rings. The van der Waals surface area contributed by atoms with Crippen LogP contribution in [0.25, 0.3) is 0 Å². The van der Waals surface area contributed by atoms with E-state index in [0.29, 0.717) is 13.0 Å². The van der Waals surface area contributed by atoms with Gasteiger partial charge in [-0.1, -0.05) is 13.3 Å². The van der Waals surface area contributed by atoms with Crippen LogP contribution in [0, 0.1) is 0 Å². The fraction of sp³-hybridized carbons (Fsp3) is 0.692. The summed E-state index contributed by atoms with van der Waals surface area (Å²) in [5.74, 6) is 0.0353. The van der Waals surface area contributed by atoms with Crippen LogP contribution in [0.4, 0.5) is 11.5 Å². The van der Waals surface area contributed by atoms with Crippen molar-refractivity contribution in [1.82, 2.24) is 9.55 Å². The maximum atomic E-state index is 11.8. The number of H-pyrrole nitrogens is 1. The first-order valence-corrected chi connectivity index (χ1v) is 6.90. The number of nitrogens with one attached hydrogen (secondary N) is 2. The van der Waals surface area contributed by atoms with E-state index < -0.39 is 16.9 Å². The number of ether oxygens (including phenoxy) is 1. The summed E-state index contributed by atoms with van der Waals surface area (Å²) < 4.78 is 6.13. The van der Waals surface area contributed by atoms with Gasteiger partial charge in [-0.15, -0.1) is 0 Å². The van der Waals surface area contributed by atoms with Crippen LogP contribution in [-0.2, 0) is 11.3 Å². The molecule has 1 heterocycles. The molecule has 8 heteroatoms. The number of aliphatic hydroxyl groups is 1. The quantitative estimate of drug-likeness (QED) is 0.524. The van der Waals surface area contributed by atoms with Gasteiger partial charge in [0.15, 0.2) is 0 Å². The van der Waals surface area contributed by atoms with Crippen molar-refractivity contribution >= 4 is 11.5 Å². The maximum absolute atomic E-state index is 11.8. The van der Waals surface area contributed by atoms with Crippen molar-refractivity contribution in [3.63, 3.8) is 0 Å². The highest BCUT2D eigenvalue weighted by atomic mass is 16.5. The van der Waals surface area contributed by atoms with Crippen molar-refractivity contribution in [2.45, 2.75) is 38.8 Å². The number of anilines is 2. The van der Waals surface area contributed by atoms with Gasteiger partial charge in [0, 0.05) is 13.7 Å². The van der Waals surface area contributed by atoms with Crippen LogP contribution in [0.3, 0.4) is 0 Å². The second-order valence-electron chi connectivity index (χ2n) is 5.26. The minimum Gasteiger partial charge on any atom is -0.388 e. The second kappa shape index (κ2) is 7.28.